The van der Waals surface area contributed by atoms with Gasteiger partial charge in [-0.2, -0.15) is 0 Å². The van der Waals surface area contributed by atoms with Gasteiger partial charge in [-0.15, -0.1) is 0 Å². The van der Waals surface area contributed by atoms with Gasteiger partial charge in [-0.25, -0.2) is 4.79 Å². The molecule has 0 saturated heterocycles. The second-order valence-electron chi connectivity index (χ2n) is 6.43. The van der Waals surface area contributed by atoms with Gasteiger partial charge in [0.05, 0.1) is 12.6 Å². The molecular formula is C20H25N3O3. The Morgan fingerprint density at radius 1 is 1.38 bits per heavy atom. The summed E-state index contributed by atoms with van der Waals surface area (Å²) in [5.41, 5.74) is 3.11. The molecule has 0 bridgehead atoms. The first kappa shape index (κ1) is 18.2. The number of aromatic nitrogens is 1. The minimum absolute atomic E-state index is 0.00772. The van der Waals surface area contributed by atoms with Gasteiger partial charge in [0.2, 0.25) is 0 Å². The maximum absolute atomic E-state index is 12.6. The first-order valence-electron chi connectivity index (χ1n) is 8.88. The average Bonchev–Trinajstić information content (AvgIpc) is 2.84. The molecule has 0 saturated carbocycles. The summed E-state index contributed by atoms with van der Waals surface area (Å²) >= 11 is 0. The molecule has 3 rings (SSSR count). The molecule has 2 aromatic rings. The van der Waals surface area contributed by atoms with Crippen LogP contribution in [-0.4, -0.2) is 48.8 Å². The monoisotopic (exact) mass is 355 g/mol. The molecule has 1 aliphatic heterocycles. The van der Waals surface area contributed by atoms with Crippen molar-refractivity contribution >= 4 is 6.03 Å². The van der Waals surface area contributed by atoms with E-state index in [1.807, 2.05) is 42.3 Å². The molecule has 0 aliphatic carbocycles. The fraction of sp³-hybridized carbons (Fsp3) is 0.400. The maximum atomic E-state index is 12.6. The molecule has 1 aliphatic rings. The van der Waals surface area contributed by atoms with Gasteiger partial charge < -0.3 is 19.7 Å². The normalized spacial score (nSPS) is 16.4. The van der Waals surface area contributed by atoms with E-state index in [1.54, 1.807) is 13.3 Å². The van der Waals surface area contributed by atoms with Crippen LogP contribution in [0.5, 0.6) is 5.75 Å². The van der Waals surface area contributed by atoms with Crippen molar-refractivity contribution in [1.29, 1.82) is 0 Å². The third-order valence-corrected chi connectivity index (χ3v) is 4.47. The molecule has 6 heteroatoms. The fourth-order valence-electron chi connectivity index (χ4n) is 2.98. The number of fused-ring (bicyclic) bond motifs is 1. The van der Waals surface area contributed by atoms with Gasteiger partial charge in [-0.3, -0.25) is 4.98 Å². The quantitative estimate of drug-likeness (QED) is 0.837. The molecule has 0 spiro atoms. The zero-order valence-electron chi connectivity index (χ0n) is 15.3. The summed E-state index contributed by atoms with van der Waals surface area (Å²) in [5, 5.41) is 2.96. The lowest BCUT2D eigenvalue weighted by atomic mass is 10.0. The Hall–Kier alpha value is -2.60. The predicted molar refractivity (Wildman–Crippen MR) is 100 cm³/mol. The Bertz CT molecular complexity index is 736. The topological polar surface area (TPSA) is 63.7 Å². The van der Waals surface area contributed by atoms with Crippen LogP contribution in [0.4, 0.5) is 4.79 Å². The summed E-state index contributed by atoms with van der Waals surface area (Å²) in [5.74, 6) is 0.833. The highest BCUT2D eigenvalue weighted by Crippen LogP contribution is 2.30. The Morgan fingerprint density at radius 2 is 2.27 bits per heavy atom. The van der Waals surface area contributed by atoms with Crippen molar-refractivity contribution < 1.29 is 14.3 Å². The number of nitrogens with one attached hydrogen (secondary N) is 1. The lowest BCUT2D eigenvalue weighted by molar-refractivity contribution is 0.154. The average molecular weight is 355 g/mol. The van der Waals surface area contributed by atoms with Crippen molar-refractivity contribution in [2.24, 2.45) is 0 Å². The SMILES string of the molecule is COCCCNC(=O)N1Cc2cc(-c3cccnc3)ccc2OC[C@@H]1C. The second kappa shape index (κ2) is 8.67. The van der Waals surface area contributed by atoms with Crippen molar-refractivity contribution in [2.75, 3.05) is 26.9 Å². The van der Waals surface area contributed by atoms with E-state index in [4.69, 9.17) is 9.47 Å². The van der Waals surface area contributed by atoms with Gasteiger partial charge in [-0.05, 0) is 37.1 Å². The van der Waals surface area contributed by atoms with Crippen LogP contribution in [0.2, 0.25) is 0 Å². The number of carbonyl (C=O) groups excluding carboxylic acids is 1. The summed E-state index contributed by atoms with van der Waals surface area (Å²) in [6, 6.07) is 9.94. The summed E-state index contributed by atoms with van der Waals surface area (Å²) in [6.45, 7) is 4.23. The van der Waals surface area contributed by atoms with E-state index >= 15 is 0 Å². The van der Waals surface area contributed by atoms with E-state index in [9.17, 15) is 4.79 Å². The smallest absolute Gasteiger partial charge is 0.318 e. The minimum Gasteiger partial charge on any atom is -0.491 e. The van der Waals surface area contributed by atoms with E-state index in [2.05, 4.69) is 16.4 Å². The zero-order valence-corrected chi connectivity index (χ0v) is 15.3. The van der Waals surface area contributed by atoms with Gasteiger partial charge in [0.25, 0.3) is 0 Å². The van der Waals surface area contributed by atoms with Crippen molar-refractivity contribution in [1.82, 2.24) is 15.2 Å². The van der Waals surface area contributed by atoms with Crippen molar-refractivity contribution in [3.8, 4) is 16.9 Å². The molecule has 6 nitrogen and oxygen atoms in total. The molecule has 2 heterocycles. The number of hydrogen-bond donors (Lipinski definition) is 1. The highest BCUT2D eigenvalue weighted by atomic mass is 16.5. The number of pyridine rings is 1. The molecule has 26 heavy (non-hydrogen) atoms. The maximum Gasteiger partial charge on any atom is 0.318 e. The number of nitrogens with zero attached hydrogens (tertiary/aromatic N) is 2. The molecule has 0 fully saturated rings. The van der Waals surface area contributed by atoms with Crippen LogP contribution >= 0.6 is 0 Å². The van der Waals surface area contributed by atoms with Crippen LogP contribution in [0.15, 0.2) is 42.7 Å². The van der Waals surface area contributed by atoms with E-state index in [0.717, 1.165) is 28.9 Å². The van der Waals surface area contributed by atoms with Crippen molar-refractivity contribution in [3.05, 3.63) is 48.3 Å². The standard InChI is InChI=1S/C20H25N3O3/c1-15-14-26-19-7-6-16(17-5-3-8-21-12-17)11-18(19)13-23(15)20(24)22-9-4-10-25-2/h3,5-8,11-12,15H,4,9-10,13-14H2,1-2H3,(H,22,24)/t15-/m0/s1. The molecule has 1 aromatic carbocycles. The number of benzene rings is 1. The van der Waals surface area contributed by atoms with E-state index in [1.165, 1.54) is 0 Å². The molecule has 0 unspecified atom stereocenters. The summed E-state index contributed by atoms with van der Waals surface area (Å²) < 4.78 is 10.9. The van der Waals surface area contributed by atoms with Gasteiger partial charge in [0.1, 0.15) is 12.4 Å². The highest BCUT2D eigenvalue weighted by Gasteiger charge is 2.25. The first-order chi connectivity index (χ1) is 12.7. The molecular weight excluding hydrogens is 330 g/mol. The van der Waals surface area contributed by atoms with Crippen LogP contribution < -0.4 is 10.1 Å². The number of ether oxygens (including phenoxy) is 2. The highest BCUT2D eigenvalue weighted by molar-refractivity contribution is 5.75. The Labute approximate surface area is 154 Å². The minimum atomic E-state index is -0.0724. The summed E-state index contributed by atoms with van der Waals surface area (Å²) in [6.07, 6.45) is 4.39. The number of amides is 2. The van der Waals surface area contributed by atoms with Crippen molar-refractivity contribution in [2.45, 2.75) is 25.9 Å². The first-order valence-corrected chi connectivity index (χ1v) is 8.88. The number of hydrogen-bond acceptors (Lipinski definition) is 4. The van der Waals surface area contributed by atoms with Crippen LogP contribution in [-0.2, 0) is 11.3 Å². The molecule has 1 aromatic heterocycles. The molecule has 138 valence electrons. The van der Waals surface area contributed by atoms with E-state index in [-0.39, 0.29) is 12.1 Å². The largest absolute Gasteiger partial charge is 0.491 e. The summed E-state index contributed by atoms with van der Waals surface area (Å²) in [4.78, 5) is 18.6. The van der Waals surface area contributed by atoms with Crippen molar-refractivity contribution in [3.63, 3.8) is 0 Å². The van der Waals surface area contributed by atoms with Crippen LogP contribution in [0.3, 0.4) is 0 Å². The second-order valence-corrected chi connectivity index (χ2v) is 6.43. The van der Waals surface area contributed by atoms with Crippen LogP contribution in [0.1, 0.15) is 18.9 Å². The number of methoxy groups -OCH3 is 1. The van der Waals surface area contributed by atoms with Gasteiger partial charge >= 0.3 is 6.03 Å². The van der Waals surface area contributed by atoms with Crippen LogP contribution in [0.25, 0.3) is 11.1 Å². The molecule has 1 atom stereocenters. The zero-order chi connectivity index (χ0) is 18.4. The van der Waals surface area contributed by atoms with Gasteiger partial charge in [0.15, 0.2) is 0 Å². The van der Waals surface area contributed by atoms with Gasteiger partial charge in [-0.1, -0.05) is 12.1 Å². The third-order valence-electron chi connectivity index (χ3n) is 4.47. The molecule has 1 N–H and O–H groups in total. The predicted octanol–water partition coefficient (Wildman–Crippen LogP) is 3.08. The number of urea groups is 1. The number of carbonyl (C=O) groups is 1. The molecule has 2 amide bonds. The Morgan fingerprint density at radius 3 is 3.04 bits per heavy atom. The van der Waals surface area contributed by atoms with E-state index < -0.39 is 0 Å². The molecule has 0 radical (unpaired) electrons. The summed E-state index contributed by atoms with van der Waals surface area (Å²) in [7, 11) is 1.66. The van der Waals surface area contributed by atoms with Crippen LogP contribution in [0, 0.1) is 0 Å². The van der Waals surface area contributed by atoms with E-state index in [0.29, 0.717) is 26.3 Å². The lowest BCUT2D eigenvalue weighted by Gasteiger charge is -2.26. The Kier molecular flexibility index (Phi) is 6.07. The lowest BCUT2D eigenvalue weighted by Crippen LogP contribution is -2.46. The number of rotatable bonds is 5. The third kappa shape index (κ3) is 4.32. The van der Waals surface area contributed by atoms with Gasteiger partial charge in [0, 0.05) is 43.8 Å². The fourth-order valence-corrected chi connectivity index (χ4v) is 2.98. The Balaban J connectivity index is 1.76.